The van der Waals surface area contributed by atoms with Gasteiger partial charge in [-0.2, -0.15) is 0 Å². The number of amides is 1. The second-order valence-electron chi connectivity index (χ2n) is 22.1. The van der Waals surface area contributed by atoms with E-state index < -0.39 is 11.4 Å². The number of nitrogens with zero attached hydrogens (tertiary/aromatic N) is 2. The summed E-state index contributed by atoms with van der Waals surface area (Å²) in [5, 5.41) is 9.37. The van der Waals surface area contributed by atoms with Crippen LogP contribution in [0.15, 0.2) is 12.2 Å². The maximum absolute atomic E-state index is 14.2. The molecule has 1 N–H and O–H groups in total. The van der Waals surface area contributed by atoms with Crippen molar-refractivity contribution < 1.29 is 24.2 Å². The van der Waals surface area contributed by atoms with Crippen molar-refractivity contribution in [2.24, 2.45) is 68.0 Å². The number of esters is 1. The Morgan fingerprint density at radius 2 is 1.49 bits per heavy atom. The number of carboxylic acids is 1. The SMILES string of the molecule is C=C(C)[C@@H]1CC[C@]2(CC(=O)N3CCN(CC4CC4)CC3)CC[C@]3(C)[C@H](CC[C@@H]4[C@@]5(C)CC[C@H](OC(=O)CC(C)(C)CC(=O)O)C(C)(C)[C@@H]5CC[C@]43C)[C@@H]12. The van der Waals surface area contributed by atoms with Crippen LogP contribution in [0.4, 0.5) is 0 Å². The molecule has 1 aliphatic heterocycles. The quantitative estimate of drug-likeness (QED) is 0.178. The molecule has 0 aromatic carbocycles. The van der Waals surface area contributed by atoms with Gasteiger partial charge < -0.3 is 14.7 Å². The molecule has 1 amide bonds. The van der Waals surface area contributed by atoms with Crippen molar-refractivity contribution in [1.82, 2.24) is 9.80 Å². The highest BCUT2D eigenvalue weighted by Crippen LogP contribution is 2.78. The molecule has 1 heterocycles. The zero-order valence-electron chi connectivity index (χ0n) is 34.9. The Balaban J connectivity index is 1.08. The number of hydrogen-bond donors (Lipinski definition) is 1. The van der Waals surface area contributed by atoms with Crippen molar-refractivity contribution in [1.29, 1.82) is 0 Å². The Hall–Kier alpha value is -1.89. The highest BCUT2D eigenvalue weighted by atomic mass is 16.5. The molecule has 1 saturated heterocycles. The molecule has 6 saturated carbocycles. The van der Waals surface area contributed by atoms with E-state index in [2.05, 4.69) is 57.9 Å². The first-order valence-corrected chi connectivity index (χ1v) is 21.8. The number of aliphatic carboxylic acids is 1. The van der Waals surface area contributed by atoms with E-state index in [1.54, 1.807) is 0 Å². The number of rotatable bonds is 10. The lowest BCUT2D eigenvalue weighted by molar-refractivity contribution is -0.250. The third-order valence-electron chi connectivity index (χ3n) is 18.1. The van der Waals surface area contributed by atoms with Crippen LogP contribution in [0.5, 0.6) is 0 Å². The van der Waals surface area contributed by atoms with Crippen molar-refractivity contribution in [3.63, 3.8) is 0 Å². The van der Waals surface area contributed by atoms with Crippen LogP contribution in [-0.4, -0.2) is 71.6 Å². The summed E-state index contributed by atoms with van der Waals surface area (Å²) in [4.78, 5) is 43.8. The largest absolute Gasteiger partial charge is 0.481 e. The summed E-state index contributed by atoms with van der Waals surface area (Å²) in [5.74, 6) is 2.95. The topological polar surface area (TPSA) is 87.2 Å². The van der Waals surface area contributed by atoms with E-state index in [9.17, 15) is 19.5 Å². The summed E-state index contributed by atoms with van der Waals surface area (Å²) >= 11 is 0. The van der Waals surface area contributed by atoms with Crippen molar-refractivity contribution in [3.05, 3.63) is 12.2 Å². The Kier molecular flexibility index (Phi) is 10.1. The van der Waals surface area contributed by atoms with Gasteiger partial charge in [0.2, 0.25) is 5.91 Å². The van der Waals surface area contributed by atoms with Crippen LogP contribution in [0.3, 0.4) is 0 Å². The third kappa shape index (κ3) is 6.75. The minimum Gasteiger partial charge on any atom is -0.481 e. The molecule has 0 aromatic heterocycles. The van der Waals surface area contributed by atoms with Crippen LogP contribution < -0.4 is 0 Å². The summed E-state index contributed by atoms with van der Waals surface area (Å²) in [7, 11) is 0. The van der Waals surface area contributed by atoms with Gasteiger partial charge in [-0.3, -0.25) is 19.3 Å². The number of hydrogen-bond acceptors (Lipinski definition) is 5. The molecule has 10 atom stereocenters. The van der Waals surface area contributed by atoms with Gasteiger partial charge in [0.25, 0.3) is 0 Å². The number of ether oxygens (including phenoxy) is 1. The molecule has 7 heteroatoms. The Morgan fingerprint density at radius 1 is 0.792 bits per heavy atom. The number of carbonyl (C=O) groups is 3. The molecule has 6 aliphatic carbocycles. The molecule has 0 bridgehead atoms. The van der Waals surface area contributed by atoms with Gasteiger partial charge in [0.05, 0.1) is 12.8 Å². The lowest BCUT2D eigenvalue weighted by Crippen LogP contribution is -2.67. The monoisotopic (exact) mass is 735 g/mol. The van der Waals surface area contributed by atoms with Crippen molar-refractivity contribution in [2.45, 2.75) is 158 Å². The van der Waals surface area contributed by atoms with Crippen LogP contribution >= 0.6 is 0 Å². The fourth-order valence-electron chi connectivity index (χ4n) is 15.1. The van der Waals surface area contributed by atoms with Gasteiger partial charge in [-0.1, -0.05) is 60.6 Å². The van der Waals surface area contributed by atoms with Crippen LogP contribution in [0, 0.1) is 68.0 Å². The normalized spacial score (nSPS) is 42.5. The summed E-state index contributed by atoms with van der Waals surface area (Å²) in [5.41, 5.74) is 1.27. The van der Waals surface area contributed by atoms with E-state index in [-0.39, 0.29) is 52.0 Å². The average molecular weight is 735 g/mol. The van der Waals surface area contributed by atoms with Gasteiger partial charge in [-0.15, -0.1) is 0 Å². The first-order chi connectivity index (χ1) is 24.7. The molecule has 0 radical (unpaired) electrons. The predicted octanol–water partition coefficient (Wildman–Crippen LogP) is 9.39. The fourth-order valence-corrected chi connectivity index (χ4v) is 15.1. The van der Waals surface area contributed by atoms with Gasteiger partial charge in [-0.25, -0.2) is 0 Å². The van der Waals surface area contributed by atoms with Crippen LogP contribution in [0.2, 0.25) is 0 Å². The van der Waals surface area contributed by atoms with Crippen molar-refractivity contribution in [2.75, 3.05) is 32.7 Å². The first-order valence-electron chi connectivity index (χ1n) is 21.8. The average Bonchev–Trinajstić information content (AvgIpc) is 3.79. The second-order valence-corrected chi connectivity index (χ2v) is 22.1. The van der Waals surface area contributed by atoms with E-state index in [1.807, 2.05) is 13.8 Å². The van der Waals surface area contributed by atoms with E-state index >= 15 is 0 Å². The molecule has 0 spiro atoms. The minimum absolute atomic E-state index is 0.0418. The Bertz CT molecular complexity index is 1460. The van der Waals surface area contributed by atoms with Crippen molar-refractivity contribution in [3.8, 4) is 0 Å². The van der Waals surface area contributed by atoms with Crippen LogP contribution in [-0.2, 0) is 19.1 Å². The molecule has 7 fully saturated rings. The second kappa shape index (κ2) is 13.6. The molecule has 7 nitrogen and oxygen atoms in total. The lowest BCUT2D eigenvalue weighted by Gasteiger charge is -2.73. The first kappa shape index (κ1) is 39.3. The van der Waals surface area contributed by atoms with E-state index in [0.717, 1.165) is 57.8 Å². The number of fused-ring (bicyclic) bond motifs is 7. The smallest absolute Gasteiger partial charge is 0.306 e. The molecule has 7 aliphatic rings. The molecule has 0 aromatic rings. The number of allylic oxidation sites excluding steroid dienone is 1. The Labute approximate surface area is 321 Å². The molecule has 53 heavy (non-hydrogen) atoms. The van der Waals surface area contributed by atoms with Gasteiger partial charge in [-0.05, 0) is 147 Å². The number of carboxylic acid groups (broad SMARTS) is 1. The van der Waals surface area contributed by atoms with Gasteiger partial charge in [0.1, 0.15) is 6.10 Å². The molecule has 298 valence electrons. The standard InChI is InChI=1S/C46H74N2O5/c1-30(2)32-14-19-46(26-37(49)48-24-22-47(23-25-48)29-31-10-11-31)21-20-44(8)33(40(32)46)12-13-35-43(7)17-16-36(42(5,6)34(43)15-18-45(35,44)9)53-39(52)28-41(3,4)27-38(50)51/h31-36,40H,1,10-29H2,2-9H3,(H,50,51)/t32-,33+,34-,35+,36-,40+,43-,44+,45+,46+/m0/s1. The number of carbonyl (C=O) groups excluding carboxylic acids is 2. The lowest BCUT2D eigenvalue weighted by atomic mass is 9.32. The zero-order chi connectivity index (χ0) is 38.4. The van der Waals surface area contributed by atoms with Crippen LogP contribution in [0.25, 0.3) is 0 Å². The molecular weight excluding hydrogens is 661 g/mol. The highest BCUT2D eigenvalue weighted by Gasteiger charge is 2.71. The molecular formula is C46H74N2O5. The van der Waals surface area contributed by atoms with E-state index in [4.69, 9.17) is 4.74 Å². The van der Waals surface area contributed by atoms with E-state index in [0.29, 0.717) is 35.5 Å². The predicted molar refractivity (Wildman–Crippen MR) is 210 cm³/mol. The molecule has 7 rings (SSSR count). The summed E-state index contributed by atoms with van der Waals surface area (Å²) < 4.78 is 6.30. The summed E-state index contributed by atoms with van der Waals surface area (Å²) in [6.07, 6.45) is 15.0. The van der Waals surface area contributed by atoms with Crippen molar-refractivity contribution >= 4 is 17.8 Å². The van der Waals surface area contributed by atoms with Crippen LogP contribution in [0.1, 0.15) is 152 Å². The molecule has 0 unspecified atom stereocenters. The number of piperazine rings is 1. The maximum Gasteiger partial charge on any atom is 0.306 e. The van der Waals surface area contributed by atoms with Gasteiger partial charge in [0, 0.05) is 44.6 Å². The Morgan fingerprint density at radius 3 is 2.13 bits per heavy atom. The summed E-state index contributed by atoms with van der Waals surface area (Å²) in [6.45, 7) is 28.3. The van der Waals surface area contributed by atoms with Gasteiger partial charge in [0.15, 0.2) is 0 Å². The van der Waals surface area contributed by atoms with Gasteiger partial charge >= 0.3 is 11.9 Å². The highest BCUT2D eigenvalue weighted by molar-refractivity contribution is 5.77. The maximum atomic E-state index is 14.2. The third-order valence-corrected chi connectivity index (χ3v) is 18.1. The summed E-state index contributed by atoms with van der Waals surface area (Å²) in [6, 6.07) is 0. The van der Waals surface area contributed by atoms with E-state index in [1.165, 1.54) is 69.9 Å². The fraction of sp³-hybridized carbons (Fsp3) is 0.891. The minimum atomic E-state index is -0.877. The zero-order valence-corrected chi connectivity index (χ0v) is 34.9.